The number of ether oxygens (including phenoxy) is 2. The number of nitriles is 1. The Morgan fingerprint density at radius 1 is 1.07 bits per heavy atom. The molecule has 2 aromatic carbocycles. The van der Waals surface area contributed by atoms with Gasteiger partial charge >= 0.3 is 5.97 Å². The largest absolute Gasteiger partial charge is 0.496 e. The Morgan fingerprint density at radius 2 is 1.73 bits per heavy atom. The number of aromatic nitrogens is 1. The second-order valence-electron chi connectivity index (χ2n) is 6.54. The quantitative estimate of drug-likeness (QED) is 0.633. The van der Waals surface area contributed by atoms with Crippen molar-refractivity contribution in [3.63, 3.8) is 0 Å². The zero-order chi connectivity index (χ0) is 21.7. The van der Waals surface area contributed by atoms with Gasteiger partial charge in [-0.15, -0.1) is 0 Å². The molecule has 0 aliphatic carbocycles. The smallest absolute Gasteiger partial charge is 0.342 e. The first-order chi connectivity index (χ1) is 14.5. The van der Waals surface area contributed by atoms with Crippen LogP contribution in [0.25, 0.3) is 5.69 Å². The number of nitrogens with one attached hydrogen (secondary N) is 1. The monoisotopic (exact) mass is 403 g/mol. The maximum absolute atomic E-state index is 12.5. The summed E-state index contributed by atoms with van der Waals surface area (Å²) in [6, 6.07) is 18.1. The van der Waals surface area contributed by atoms with Crippen molar-refractivity contribution in [3.05, 3.63) is 77.0 Å². The fourth-order valence-electron chi connectivity index (χ4n) is 3.15. The molecular formula is C23H21N3O4. The van der Waals surface area contributed by atoms with E-state index in [1.165, 1.54) is 7.11 Å². The number of nitrogens with zero attached hydrogens (tertiary/aromatic N) is 2. The number of rotatable bonds is 6. The highest BCUT2D eigenvalue weighted by molar-refractivity contribution is 5.97. The second kappa shape index (κ2) is 8.97. The van der Waals surface area contributed by atoms with Gasteiger partial charge in [-0.05, 0) is 43.7 Å². The Morgan fingerprint density at radius 3 is 2.40 bits per heavy atom. The molecule has 1 heterocycles. The number of hydrogen-bond acceptors (Lipinski definition) is 5. The second-order valence-corrected chi connectivity index (χ2v) is 6.54. The topological polar surface area (TPSA) is 93.3 Å². The van der Waals surface area contributed by atoms with Gasteiger partial charge in [0.15, 0.2) is 6.61 Å². The van der Waals surface area contributed by atoms with Crippen LogP contribution in [0.5, 0.6) is 5.75 Å². The number of anilines is 1. The summed E-state index contributed by atoms with van der Waals surface area (Å²) in [5, 5.41) is 12.3. The Hall–Kier alpha value is -4.05. The molecule has 0 spiro atoms. The number of esters is 1. The minimum atomic E-state index is -0.672. The summed E-state index contributed by atoms with van der Waals surface area (Å²) in [6.45, 7) is 3.20. The number of carbonyl (C=O) groups excluding carboxylic acids is 2. The first-order valence-electron chi connectivity index (χ1n) is 9.25. The Kier molecular flexibility index (Phi) is 6.18. The van der Waals surface area contributed by atoms with Crippen molar-refractivity contribution in [1.82, 2.24) is 4.57 Å². The maximum atomic E-state index is 12.5. The minimum Gasteiger partial charge on any atom is -0.496 e. The van der Waals surface area contributed by atoms with Crippen molar-refractivity contribution in [3.8, 4) is 17.5 Å². The molecule has 1 N–H and O–H groups in total. The number of hydrogen-bond donors (Lipinski definition) is 1. The molecule has 0 atom stereocenters. The lowest BCUT2D eigenvalue weighted by Crippen LogP contribution is -2.23. The van der Waals surface area contributed by atoms with E-state index in [0.717, 1.165) is 16.9 Å². The normalized spacial score (nSPS) is 10.2. The molecule has 3 rings (SSSR count). The first-order valence-corrected chi connectivity index (χ1v) is 9.25. The molecule has 1 amide bonds. The molecule has 0 aliphatic rings. The highest BCUT2D eigenvalue weighted by Crippen LogP contribution is 2.29. The summed E-state index contributed by atoms with van der Waals surface area (Å²) < 4.78 is 12.1. The van der Waals surface area contributed by atoms with Crippen LogP contribution in [0.15, 0.2) is 54.6 Å². The average Bonchev–Trinajstić information content (AvgIpc) is 3.01. The molecule has 0 saturated carbocycles. The third kappa shape index (κ3) is 4.03. The molecule has 0 bridgehead atoms. The minimum absolute atomic E-state index is 0.227. The van der Waals surface area contributed by atoms with Gasteiger partial charge < -0.3 is 14.8 Å². The standard InChI is InChI=1S/C23H21N3O4/c1-15-16(2)26(17-9-5-4-6-10-17)22(19(15)13-24)25-21(27)14-30-23(28)18-11-7-8-12-20(18)29-3/h4-12H,14H2,1-3H3,(H,25,27). The molecule has 152 valence electrons. The summed E-state index contributed by atoms with van der Waals surface area (Å²) in [5.74, 6) is -0.519. The highest BCUT2D eigenvalue weighted by Gasteiger charge is 2.21. The van der Waals surface area contributed by atoms with Crippen LogP contribution in [0.4, 0.5) is 5.82 Å². The molecule has 3 aromatic rings. The van der Waals surface area contributed by atoms with Crippen LogP contribution in [0.2, 0.25) is 0 Å². The van der Waals surface area contributed by atoms with Crippen molar-refractivity contribution in [2.45, 2.75) is 13.8 Å². The third-order valence-electron chi connectivity index (χ3n) is 4.76. The van der Waals surface area contributed by atoms with Crippen LogP contribution in [0.3, 0.4) is 0 Å². The van der Waals surface area contributed by atoms with Crippen LogP contribution in [0.1, 0.15) is 27.2 Å². The van der Waals surface area contributed by atoms with E-state index in [0.29, 0.717) is 17.1 Å². The maximum Gasteiger partial charge on any atom is 0.342 e. The van der Waals surface area contributed by atoms with Crippen molar-refractivity contribution in [1.29, 1.82) is 5.26 Å². The van der Waals surface area contributed by atoms with Crippen LogP contribution < -0.4 is 10.1 Å². The lowest BCUT2D eigenvalue weighted by Gasteiger charge is -2.13. The molecular weight excluding hydrogens is 382 g/mol. The SMILES string of the molecule is COc1ccccc1C(=O)OCC(=O)Nc1c(C#N)c(C)c(C)n1-c1ccccc1. The van der Waals surface area contributed by atoms with Gasteiger partial charge in [-0.2, -0.15) is 5.26 Å². The van der Waals surface area contributed by atoms with Gasteiger partial charge in [-0.25, -0.2) is 4.79 Å². The lowest BCUT2D eigenvalue weighted by molar-refractivity contribution is -0.119. The van der Waals surface area contributed by atoms with E-state index in [4.69, 9.17) is 9.47 Å². The molecule has 0 unspecified atom stereocenters. The Labute approximate surface area is 174 Å². The highest BCUT2D eigenvalue weighted by atomic mass is 16.5. The number of amides is 1. The first kappa shape index (κ1) is 20.7. The van der Waals surface area contributed by atoms with Gasteiger partial charge in [0, 0.05) is 11.4 Å². The fourth-order valence-corrected chi connectivity index (χ4v) is 3.15. The van der Waals surface area contributed by atoms with Gasteiger partial charge in [0.1, 0.15) is 23.2 Å². The van der Waals surface area contributed by atoms with Crippen LogP contribution in [-0.4, -0.2) is 30.2 Å². The molecule has 0 fully saturated rings. The molecule has 1 aromatic heterocycles. The number of carbonyl (C=O) groups is 2. The van der Waals surface area contributed by atoms with Gasteiger partial charge in [0.05, 0.1) is 12.7 Å². The summed E-state index contributed by atoms with van der Waals surface area (Å²) in [7, 11) is 1.45. The molecule has 0 saturated heterocycles. The predicted molar refractivity (Wildman–Crippen MR) is 112 cm³/mol. The van der Waals surface area contributed by atoms with Crippen molar-refractivity contribution >= 4 is 17.7 Å². The van der Waals surface area contributed by atoms with E-state index in [1.54, 1.807) is 28.8 Å². The van der Waals surface area contributed by atoms with E-state index < -0.39 is 18.5 Å². The third-order valence-corrected chi connectivity index (χ3v) is 4.76. The summed E-state index contributed by atoms with van der Waals surface area (Å²) in [5.41, 5.74) is 2.99. The van der Waals surface area contributed by atoms with Crippen molar-refractivity contribution in [2.24, 2.45) is 0 Å². The predicted octanol–water partition coefficient (Wildman–Crippen LogP) is 3.77. The van der Waals surface area contributed by atoms with E-state index in [-0.39, 0.29) is 5.56 Å². The summed E-state index contributed by atoms with van der Waals surface area (Å²) >= 11 is 0. The van der Waals surface area contributed by atoms with E-state index in [1.807, 2.05) is 44.2 Å². The molecule has 0 aliphatic heterocycles. The number of methoxy groups -OCH3 is 1. The zero-order valence-electron chi connectivity index (χ0n) is 16.9. The van der Waals surface area contributed by atoms with Crippen LogP contribution >= 0.6 is 0 Å². The van der Waals surface area contributed by atoms with Crippen LogP contribution in [-0.2, 0) is 9.53 Å². The summed E-state index contributed by atoms with van der Waals surface area (Å²) in [6.07, 6.45) is 0. The van der Waals surface area contributed by atoms with Crippen molar-refractivity contribution < 1.29 is 19.1 Å². The fraction of sp³-hybridized carbons (Fsp3) is 0.174. The average molecular weight is 403 g/mol. The summed E-state index contributed by atoms with van der Waals surface area (Å²) in [4.78, 5) is 24.8. The molecule has 0 radical (unpaired) electrons. The molecule has 7 heteroatoms. The Bertz CT molecular complexity index is 1130. The number of benzene rings is 2. The van der Waals surface area contributed by atoms with Gasteiger partial charge in [-0.1, -0.05) is 30.3 Å². The molecule has 30 heavy (non-hydrogen) atoms. The van der Waals surface area contributed by atoms with E-state index >= 15 is 0 Å². The van der Waals surface area contributed by atoms with Gasteiger partial charge in [-0.3, -0.25) is 9.36 Å². The van der Waals surface area contributed by atoms with Crippen molar-refractivity contribution in [2.75, 3.05) is 19.0 Å². The van der Waals surface area contributed by atoms with Gasteiger partial charge in [0.25, 0.3) is 5.91 Å². The van der Waals surface area contributed by atoms with Gasteiger partial charge in [0.2, 0.25) is 0 Å². The van der Waals surface area contributed by atoms with E-state index in [2.05, 4.69) is 11.4 Å². The van der Waals surface area contributed by atoms with Crippen LogP contribution in [0, 0.1) is 25.2 Å². The lowest BCUT2D eigenvalue weighted by atomic mass is 10.2. The van der Waals surface area contributed by atoms with E-state index in [9.17, 15) is 14.9 Å². The zero-order valence-corrected chi connectivity index (χ0v) is 16.9. The number of para-hydroxylation sites is 2. The molecule has 7 nitrogen and oxygen atoms in total. The Balaban J connectivity index is 1.81.